The van der Waals surface area contributed by atoms with Crippen molar-refractivity contribution in [1.29, 1.82) is 0 Å². The smallest absolute Gasteiger partial charge is 0.488 e. The quantitative estimate of drug-likeness (QED) is 0.153. The highest BCUT2D eigenvalue weighted by Crippen LogP contribution is 2.39. The SMILES string of the molecule is COCCOc1ccc(C(N)=O)c(-c2cc(C(CN[C@H]3CCCNCC3)c3ccccc3)ccc2Cl)c1F.O=C(O)C(F)(F)F. The highest BCUT2D eigenvalue weighted by molar-refractivity contribution is 6.33. The molecule has 3 aromatic rings. The molecular formula is C32H36ClF4N3O5. The number of carboxylic acids is 1. The van der Waals surface area contributed by atoms with E-state index in [1.807, 2.05) is 30.3 Å². The van der Waals surface area contributed by atoms with Gasteiger partial charge in [0, 0.05) is 41.8 Å². The minimum atomic E-state index is -5.08. The number of hydrogen-bond acceptors (Lipinski definition) is 6. The molecule has 0 aromatic heterocycles. The molecule has 1 aliphatic rings. The van der Waals surface area contributed by atoms with Crippen LogP contribution in [0, 0.1) is 5.82 Å². The minimum absolute atomic E-state index is 0.00627. The maximum Gasteiger partial charge on any atom is 0.490 e. The van der Waals surface area contributed by atoms with E-state index in [-0.39, 0.29) is 29.4 Å². The Labute approximate surface area is 263 Å². The van der Waals surface area contributed by atoms with Gasteiger partial charge in [-0.05, 0) is 67.7 Å². The predicted octanol–water partition coefficient (Wildman–Crippen LogP) is 5.77. The van der Waals surface area contributed by atoms with Crippen LogP contribution in [0.2, 0.25) is 5.02 Å². The van der Waals surface area contributed by atoms with Gasteiger partial charge >= 0.3 is 12.1 Å². The van der Waals surface area contributed by atoms with Gasteiger partial charge in [0.05, 0.1) is 12.2 Å². The molecule has 1 heterocycles. The summed E-state index contributed by atoms with van der Waals surface area (Å²) >= 11 is 6.62. The molecule has 1 aliphatic heterocycles. The fraction of sp³-hybridized carbons (Fsp3) is 0.375. The number of hydrogen-bond donors (Lipinski definition) is 4. The maximum absolute atomic E-state index is 15.8. The van der Waals surface area contributed by atoms with Crippen LogP contribution in [0.25, 0.3) is 11.1 Å². The normalized spacial score (nSPS) is 15.7. The Bertz CT molecular complexity index is 1420. The van der Waals surface area contributed by atoms with E-state index in [4.69, 9.17) is 36.7 Å². The number of nitrogens with one attached hydrogen (secondary N) is 2. The number of primary amides is 1. The molecule has 13 heteroatoms. The molecule has 0 bridgehead atoms. The Kier molecular flexibility index (Phi) is 13.6. The van der Waals surface area contributed by atoms with Crippen molar-refractivity contribution in [3.63, 3.8) is 0 Å². The third-order valence-electron chi connectivity index (χ3n) is 7.21. The molecule has 3 aromatic carbocycles. The van der Waals surface area contributed by atoms with E-state index in [2.05, 4.69) is 22.8 Å². The van der Waals surface area contributed by atoms with Crippen LogP contribution in [0.5, 0.6) is 5.75 Å². The molecule has 1 amide bonds. The van der Waals surface area contributed by atoms with Crippen molar-refractivity contribution in [3.05, 3.63) is 88.2 Å². The zero-order valence-electron chi connectivity index (χ0n) is 24.6. The van der Waals surface area contributed by atoms with Gasteiger partial charge in [0.2, 0.25) is 5.91 Å². The van der Waals surface area contributed by atoms with Gasteiger partial charge in [0.15, 0.2) is 11.6 Å². The van der Waals surface area contributed by atoms with E-state index in [0.29, 0.717) is 29.8 Å². The number of amides is 1. The van der Waals surface area contributed by atoms with Crippen LogP contribution in [0.1, 0.15) is 46.7 Å². The van der Waals surface area contributed by atoms with E-state index < -0.39 is 23.9 Å². The minimum Gasteiger partial charge on any atom is -0.488 e. The van der Waals surface area contributed by atoms with Crippen molar-refractivity contribution in [2.24, 2.45) is 5.73 Å². The van der Waals surface area contributed by atoms with Crippen molar-refractivity contribution in [2.75, 3.05) is 40.0 Å². The molecule has 2 atom stereocenters. The topological polar surface area (TPSA) is 123 Å². The lowest BCUT2D eigenvalue weighted by molar-refractivity contribution is -0.192. The van der Waals surface area contributed by atoms with Crippen LogP contribution >= 0.6 is 11.6 Å². The average Bonchev–Trinajstić information content (AvgIpc) is 3.28. The molecule has 1 saturated heterocycles. The van der Waals surface area contributed by atoms with E-state index in [1.54, 1.807) is 6.07 Å². The molecule has 8 nitrogen and oxygen atoms in total. The summed E-state index contributed by atoms with van der Waals surface area (Å²) in [7, 11) is 1.54. The number of rotatable bonds is 11. The zero-order valence-corrected chi connectivity index (χ0v) is 25.4. The van der Waals surface area contributed by atoms with Gasteiger partial charge in [-0.3, -0.25) is 4.79 Å². The third kappa shape index (κ3) is 10.4. The number of carbonyl (C=O) groups is 2. The summed E-state index contributed by atoms with van der Waals surface area (Å²) in [6, 6.07) is 19.1. The Morgan fingerprint density at radius 1 is 1.07 bits per heavy atom. The molecule has 0 spiro atoms. The Morgan fingerprint density at radius 3 is 2.42 bits per heavy atom. The second kappa shape index (κ2) is 17.1. The molecule has 0 radical (unpaired) electrons. The number of benzene rings is 3. The summed E-state index contributed by atoms with van der Waals surface area (Å²) in [5, 5.41) is 14.7. The van der Waals surface area contributed by atoms with Crippen LogP contribution in [0.3, 0.4) is 0 Å². The van der Waals surface area contributed by atoms with Gasteiger partial charge in [-0.15, -0.1) is 0 Å². The monoisotopic (exact) mass is 653 g/mol. The summed E-state index contributed by atoms with van der Waals surface area (Å²) in [4.78, 5) is 21.2. The first kappa shape index (κ1) is 35.8. The lowest BCUT2D eigenvalue weighted by Gasteiger charge is -2.24. The van der Waals surface area contributed by atoms with Crippen LogP contribution in [0.15, 0.2) is 60.7 Å². The largest absolute Gasteiger partial charge is 0.490 e. The van der Waals surface area contributed by atoms with Gasteiger partial charge in [0.1, 0.15) is 6.61 Å². The number of ether oxygens (including phenoxy) is 2. The average molecular weight is 654 g/mol. The van der Waals surface area contributed by atoms with Crippen molar-refractivity contribution >= 4 is 23.5 Å². The molecule has 1 unspecified atom stereocenters. The Hall–Kier alpha value is -3.71. The van der Waals surface area contributed by atoms with Crippen LogP contribution in [-0.4, -0.2) is 69.2 Å². The second-order valence-electron chi connectivity index (χ2n) is 10.3. The van der Waals surface area contributed by atoms with Gasteiger partial charge in [-0.25, -0.2) is 9.18 Å². The molecule has 244 valence electrons. The summed E-state index contributed by atoms with van der Waals surface area (Å²) in [5.74, 6) is -4.19. The zero-order chi connectivity index (χ0) is 33.0. The first-order valence-corrected chi connectivity index (χ1v) is 14.6. The third-order valence-corrected chi connectivity index (χ3v) is 7.54. The van der Waals surface area contributed by atoms with Gasteiger partial charge in [-0.1, -0.05) is 48.0 Å². The number of carboxylic acid groups (broad SMARTS) is 1. The number of nitrogens with two attached hydrogens (primary N) is 1. The Morgan fingerprint density at radius 2 is 1.78 bits per heavy atom. The summed E-state index contributed by atoms with van der Waals surface area (Å²) in [6.45, 7) is 3.21. The molecular weight excluding hydrogens is 618 g/mol. The molecule has 1 fully saturated rings. The molecule has 4 rings (SSSR count). The fourth-order valence-electron chi connectivity index (χ4n) is 4.94. The van der Waals surface area contributed by atoms with Gasteiger partial charge < -0.3 is 30.9 Å². The van der Waals surface area contributed by atoms with E-state index in [0.717, 1.165) is 43.5 Å². The van der Waals surface area contributed by atoms with Crippen LogP contribution in [-0.2, 0) is 9.53 Å². The molecule has 0 saturated carbocycles. The standard InChI is InChI=1S/C30H35ClFN3O3.C2HF3O2/c1-37-16-17-38-27-12-10-23(30(33)36)28(29(27)32)24-18-21(9-11-26(24)31)25(20-6-3-2-4-7-20)19-35-22-8-5-14-34-15-13-22;3-2(4,5)1(6)7/h2-4,6-7,9-12,18,22,25,34-35H,5,8,13-17,19H2,1H3,(H2,33,36);(H,6,7)/t22-,25?;/m0./s1. The van der Waals surface area contributed by atoms with E-state index in [1.165, 1.54) is 19.2 Å². The van der Waals surface area contributed by atoms with Gasteiger partial charge in [0.25, 0.3) is 0 Å². The number of methoxy groups -OCH3 is 1. The maximum atomic E-state index is 15.8. The highest BCUT2D eigenvalue weighted by atomic mass is 35.5. The van der Waals surface area contributed by atoms with Crippen LogP contribution in [0.4, 0.5) is 17.6 Å². The van der Waals surface area contributed by atoms with E-state index >= 15 is 4.39 Å². The molecule has 0 aliphatic carbocycles. The van der Waals surface area contributed by atoms with Crippen molar-refractivity contribution in [2.45, 2.75) is 37.4 Å². The summed E-state index contributed by atoms with van der Waals surface area (Å²) in [5.41, 5.74) is 8.21. The van der Waals surface area contributed by atoms with Crippen molar-refractivity contribution < 1.29 is 41.7 Å². The van der Waals surface area contributed by atoms with Crippen LogP contribution < -0.4 is 21.1 Å². The molecule has 45 heavy (non-hydrogen) atoms. The number of halogens is 5. The number of aliphatic carboxylic acids is 1. The second-order valence-corrected chi connectivity index (χ2v) is 10.7. The summed E-state index contributed by atoms with van der Waals surface area (Å²) < 4.78 is 58.1. The first-order chi connectivity index (χ1) is 21.4. The van der Waals surface area contributed by atoms with Gasteiger partial charge in [-0.2, -0.15) is 13.2 Å². The fourth-order valence-corrected chi connectivity index (χ4v) is 5.16. The number of alkyl halides is 3. The van der Waals surface area contributed by atoms with Crippen molar-refractivity contribution in [1.82, 2.24) is 10.6 Å². The molecule has 5 N–H and O–H groups in total. The van der Waals surface area contributed by atoms with E-state index in [9.17, 15) is 18.0 Å². The lowest BCUT2D eigenvalue weighted by Crippen LogP contribution is -2.33. The Balaban J connectivity index is 0.000000707. The first-order valence-electron chi connectivity index (χ1n) is 14.3. The van der Waals surface area contributed by atoms with Crippen molar-refractivity contribution in [3.8, 4) is 16.9 Å². The summed E-state index contributed by atoms with van der Waals surface area (Å²) in [6.07, 6.45) is -1.77. The highest BCUT2D eigenvalue weighted by Gasteiger charge is 2.38. The predicted molar refractivity (Wildman–Crippen MR) is 163 cm³/mol. The number of carbonyl (C=O) groups excluding carboxylic acids is 1. The lowest BCUT2D eigenvalue weighted by atomic mass is 9.88.